The highest BCUT2D eigenvalue weighted by Gasteiger charge is 2.31. The Labute approximate surface area is 175 Å². The van der Waals surface area contributed by atoms with E-state index in [-0.39, 0.29) is 12.0 Å². The van der Waals surface area contributed by atoms with Gasteiger partial charge in [0.25, 0.3) is 0 Å². The maximum absolute atomic E-state index is 12.4. The fourth-order valence-electron chi connectivity index (χ4n) is 4.30. The first-order chi connectivity index (χ1) is 14.4. The molecule has 1 aromatic carbocycles. The molecule has 1 fully saturated rings. The highest BCUT2D eigenvalue weighted by molar-refractivity contribution is 6.03. The van der Waals surface area contributed by atoms with Crippen molar-refractivity contribution in [3.8, 4) is 11.1 Å². The molecule has 1 aliphatic rings. The topological polar surface area (TPSA) is 74.0 Å². The Morgan fingerprint density at radius 1 is 1.17 bits per heavy atom. The number of hydrogen-bond donors (Lipinski definition) is 2. The maximum atomic E-state index is 12.4. The normalized spacial score (nSPS) is 17.2. The van der Waals surface area contributed by atoms with Crippen molar-refractivity contribution in [1.82, 2.24) is 19.9 Å². The molecule has 1 unspecified atom stereocenters. The number of pyridine rings is 1. The quantitative estimate of drug-likeness (QED) is 0.469. The zero-order valence-corrected chi connectivity index (χ0v) is 17.5. The summed E-state index contributed by atoms with van der Waals surface area (Å²) in [5, 5.41) is 2.30. The molecule has 1 aliphatic heterocycles. The summed E-state index contributed by atoms with van der Waals surface area (Å²) in [7, 11) is 0. The van der Waals surface area contributed by atoms with Gasteiger partial charge in [-0.05, 0) is 51.0 Å². The maximum Gasteiger partial charge on any atom is 0.410 e. The molecular formula is C24H26N4O2. The van der Waals surface area contributed by atoms with Crippen molar-refractivity contribution in [3.63, 3.8) is 0 Å². The summed E-state index contributed by atoms with van der Waals surface area (Å²) >= 11 is 0. The van der Waals surface area contributed by atoms with Crippen molar-refractivity contribution in [1.29, 1.82) is 0 Å². The van der Waals surface area contributed by atoms with Crippen LogP contribution in [0.1, 0.15) is 38.8 Å². The van der Waals surface area contributed by atoms with Crippen molar-refractivity contribution in [2.75, 3.05) is 13.1 Å². The number of rotatable bonds is 2. The van der Waals surface area contributed by atoms with Gasteiger partial charge in [0.05, 0.1) is 0 Å². The number of nitrogens with zero attached hydrogens (tertiary/aromatic N) is 2. The van der Waals surface area contributed by atoms with Crippen LogP contribution in [-0.2, 0) is 4.74 Å². The van der Waals surface area contributed by atoms with E-state index >= 15 is 0 Å². The van der Waals surface area contributed by atoms with Gasteiger partial charge < -0.3 is 19.6 Å². The van der Waals surface area contributed by atoms with Gasteiger partial charge in [-0.25, -0.2) is 9.78 Å². The van der Waals surface area contributed by atoms with E-state index in [1.807, 2.05) is 33.0 Å². The predicted octanol–water partition coefficient (Wildman–Crippen LogP) is 5.44. The first kappa shape index (κ1) is 18.7. The second kappa shape index (κ2) is 6.90. The Hall–Kier alpha value is -3.28. The number of aromatic amines is 2. The summed E-state index contributed by atoms with van der Waals surface area (Å²) in [5.41, 5.74) is 4.97. The molecule has 6 nitrogen and oxygen atoms in total. The minimum absolute atomic E-state index is 0.237. The zero-order chi connectivity index (χ0) is 20.9. The smallest absolute Gasteiger partial charge is 0.410 e. The first-order valence-corrected chi connectivity index (χ1v) is 10.4. The van der Waals surface area contributed by atoms with Crippen LogP contribution < -0.4 is 0 Å². The second-order valence-electron chi connectivity index (χ2n) is 9.01. The van der Waals surface area contributed by atoms with Crippen LogP contribution >= 0.6 is 0 Å². The van der Waals surface area contributed by atoms with Gasteiger partial charge in [0, 0.05) is 58.9 Å². The SMILES string of the molecule is CC(C)(C)OC(=O)N1CCC(c2cc3c(-c4c[nH]c5ccccc45)ccnc3[nH]2)C1. The standard InChI is InChI=1S/C24H26N4O2/c1-24(2,3)30-23(29)28-11-9-15(14-28)21-12-18-16(8-10-25-22(18)27-21)19-13-26-20-7-5-4-6-17(19)20/h4-8,10,12-13,15,26H,9,11,14H2,1-3H3,(H,25,27). The van der Waals surface area contributed by atoms with E-state index < -0.39 is 5.60 Å². The number of carbonyl (C=O) groups excluding carboxylic acids is 1. The molecule has 1 amide bonds. The molecule has 6 heteroatoms. The lowest BCUT2D eigenvalue weighted by atomic mass is 10.0. The number of fused-ring (bicyclic) bond motifs is 2. The molecule has 2 N–H and O–H groups in total. The summed E-state index contributed by atoms with van der Waals surface area (Å²) in [6, 6.07) is 12.6. The predicted molar refractivity (Wildman–Crippen MR) is 119 cm³/mol. The number of hydrogen-bond acceptors (Lipinski definition) is 3. The van der Waals surface area contributed by atoms with E-state index in [0.29, 0.717) is 13.1 Å². The molecule has 3 aromatic heterocycles. The van der Waals surface area contributed by atoms with Gasteiger partial charge in [-0.2, -0.15) is 0 Å². The number of aromatic nitrogens is 3. The number of para-hydroxylation sites is 1. The molecule has 154 valence electrons. The third-order valence-electron chi connectivity index (χ3n) is 5.71. The Morgan fingerprint density at radius 3 is 2.83 bits per heavy atom. The Balaban J connectivity index is 1.45. The van der Waals surface area contributed by atoms with E-state index in [1.165, 1.54) is 10.9 Å². The van der Waals surface area contributed by atoms with E-state index in [2.05, 4.69) is 51.5 Å². The molecular weight excluding hydrogens is 376 g/mol. The Morgan fingerprint density at radius 2 is 2.00 bits per heavy atom. The summed E-state index contributed by atoms with van der Waals surface area (Å²) in [5.74, 6) is 0.252. The van der Waals surface area contributed by atoms with Crippen LogP contribution in [0.15, 0.2) is 48.8 Å². The van der Waals surface area contributed by atoms with Crippen LogP contribution in [0.3, 0.4) is 0 Å². The monoisotopic (exact) mass is 402 g/mol. The lowest BCUT2D eigenvalue weighted by molar-refractivity contribution is 0.0292. The van der Waals surface area contributed by atoms with Crippen molar-refractivity contribution in [3.05, 3.63) is 54.5 Å². The second-order valence-corrected chi connectivity index (χ2v) is 9.01. The summed E-state index contributed by atoms with van der Waals surface area (Å²) < 4.78 is 5.53. The van der Waals surface area contributed by atoms with Gasteiger partial charge in [-0.3, -0.25) is 0 Å². The van der Waals surface area contributed by atoms with E-state index in [4.69, 9.17) is 4.74 Å². The average molecular weight is 402 g/mol. The summed E-state index contributed by atoms with van der Waals surface area (Å²) in [6.45, 7) is 7.05. The number of likely N-dealkylation sites (tertiary alicyclic amines) is 1. The number of carbonyl (C=O) groups is 1. The fourth-order valence-corrected chi connectivity index (χ4v) is 4.30. The third kappa shape index (κ3) is 3.32. The number of nitrogens with one attached hydrogen (secondary N) is 2. The van der Waals surface area contributed by atoms with Gasteiger partial charge in [0.1, 0.15) is 11.2 Å². The van der Waals surface area contributed by atoms with Crippen LogP contribution in [-0.4, -0.2) is 44.6 Å². The van der Waals surface area contributed by atoms with Crippen molar-refractivity contribution >= 4 is 28.0 Å². The molecule has 0 saturated carbocycles. The van der Waals surface area contributed by atoms with Crippen LogP contribution in [0.5, 0.6) is 0 Å². The third-order valence-corrected chi connectivity index (χ3v) is 5.71. The Bertz CT molecular complexity index is 1230. The summed E-state index contributed by atoms with van der Waals surface area (Å²) in [6.07, 6.45) is 4.58. The lowest BCUT2D eigenvalue weighted by Crippen LogP contribution is -2.35. The van der Waals surface area contributed by atoms with Gasteiger partial charge >= 0.3 is 6.09 Å². The largest absolute Gasteiger partial charge is 0.444 e. The molecule has 30 heavy (non-hydrogen) atoms. The van der Waals surface area contributed by atoms with Gasteiger partial charge in [0.15, 0.2) is 0 Å². The molecule has 4 aromatic rings. The van der Waals surface area contributed by atoms with E-state index in [0.717, 1.165) is 34.2 Å². The molecule has 0 aliphatic carbocycles. The van der Waals surface area contributed by atoms with Crippen LogP contribution in [0.2, 0.25) is 0 Å². The molecule has 5 rings (SSSR count). The van der Waals surface area contributed by atoms with Gasteiger partial charge in [0.2, 0.25) is 0 Å². The van der Waals surface area contributed by atoms with Crippen molar-refractivity contribution in [2.24, 2.45) is 0 Å². The molecule has 4 heterocycles. The average Bonchev–Trinajstić information content (AvgIpc) is 3.43. The molecule has 0 bridgehead atoms. The minimum Gasteiger partial charge on any atom is -0.444 e. The number of amides is 1. The van der Waals surface area contributed by atoms with Crippen molar-refractivity contribution < 1.29 is 9.53 Å². The van der Waals surface area contributed by atoms with E-state index in [9.17, 15) is 4.79 Å². The van der Waals surface area contributed by atoms with Crippen LogP contribution in [0.25, 0.3) is 33.1 Å². The van der Waals surface area contributed by atoms with E-state index in [1.54, 1.807) is 4.90 Å². The number of ether oxygens (including phenoxy) is 1. The summed E-state index contributed by atoms with van der Waals surface area (Å²) in [4.78, 5) is 25.6. The van der Waals surface area contributed by atoms with Gasteiger partial charge in [-0.1, -0.05) is 18.2 Å². The molecule has 1 atom stereocenters. The number of benzene rings is 1. The van der Waals surface area contributed by atoms with Crippen LogP contribution in [0.4, 0.5) is 4.79 Å². The molecule has 1 saturated heterocycles. The first-order valence-electron chi connectivity index (χ1n) is 10.4. The minimum atomic E-state index is -0.478. The molecule has 0 spiro atoms. The number of H-pyrrole nitrogens is 2. The Kier molecular flexibility index (Phi) is 4.31. The molecule has 0 radical (unpaired) electrons. The zero-order valence-electron chi connectivity index (χ0n) is 17.5. The van der Waals surface area contributed by atoms with Crippen LogP contribution in [0, 0.1) is 0 Å². The highest BCUT2D eigenvalue weighted by Crippen LogP contribution is 2.36. The lowest BCUT2D eigenvalue weighted by Gasteiger charge is -2.24. The highest BCUT2D eigenvalue weighted by atomic mass is 16.6. The van der Waals surface area contributed by atoms with Gasteiger partial charge in [-0.15, -0.1) is 0 Å². The fraction of sp³-hybridized carbons (Fsp3) is 0.333. The van der Waals surface area contributed by atoms with Crippen molar-refractivity contribution in [2.45, 2.75) is 38.7 Å².